The minimum atomic E-state index is -0.341. The van der Waals surface area contributed by atoms with Gasteiger partial charge in [0.2, 0.25) is 0 Å². The van der Waals surface area contributed by atoms with Gasteiger partial charge in [0.1, 0.15) is 11.1 Å². The molecular formula is C16H14N2O2S. The molecule has 0 aliphatic rings. The zero-order chi connectivity index (χ0) is 15.2. The molecule has 21 heavy (non-hydrogen) atoms. The monoisotopic (exact) mass is 298 g/mol. The van der Waals surface area contributed by atoms with Gasteiger partial charge in [-0.15, -0.1) is 0 Å². The van der Waals surface area contributed by atoms with E-state index in [4.69, 9.17) is 5.26 Å². The van der Waals surface area contributed by atoms with Crippen LogP contribution >= 0.6 is 11.8 Å². The fourth-order valence-corrected chi connectivity index (χ4v) is 2.51. The second kappa shape index (κ2) is 6.91. The number of thioether (sulfide) groups is 1. The molecule has 106 valence electrons. The normalized spacial score (nSPS) is 9.95. The highest BCUT2D eigenvalue weighted by Crippen LogP contribution is 2.25. The predicted molar refractivity (Wildman–Crippen MR) is 81.9 cm³/mol. The average Bonchev–Trinajstić information content (AvgIpc) is 2.53. The predicted octanol–water partition coefficient (Wildman–Crippen LogP) is 3.19. The SMILES string of the molecule is COC(=O)CSc1nc(-c2ccc(C)cc2)ccc1C#N. The summed E-state index contributed by atoms with van der Waals surface area (Å²) in [5.41, 5.74) is 3.39. The van der Waals surface area contributed by atoms with E-state index in [0.717, 1.165) is 11.3 Å². The molecule has 0 amide bonds. The third kappa shape index (κ3) is 3.83. The van der Waals surface area contributed by atoms with Gasteiger partial charge in [-0.25, -0.2) is 4.98 Å². The Morgan fingerprint density at radius 1 is 1.29 bits per heavy atom. The molecule has 0 atom stereocenters. The number of methoxy groups -OCH3 is 1. The number of pyridine rings is 1. The van der Waals surface area contributed by atoms with Gasteiger partial charge in [-0.2, -0.15) is 5.26 Å². The fraction of sp³-hybridized carbons (Fsp3) is 0.188. The lowest BCUT2D eigenvalue weighted by Gasteiger charge is -2.06. The number of aromatic nitrogens is 1. The van der Waals surface area contributed by atoms with E-state index in [1.165, 1.54) is 24.4 Å². The van der Waals surface area contributed by atoms with Crippen molar-refractivity contribution in [1.82, 2.24) is 4.98 Å². The molecule has 0 fully saturated rings. The average molecular weight is 298 g/mol. The molecule has 1 aromatic carbocycles. The maximum absolute atomic E-state index is 11.2. The van der Waals surface area contributed by atoms with Crippen LogP contribution in [0.3, 0.4) is 0 Å². The van der Waals surface area contributed by atoms with Crippen LogP contribution in [0, 0.1) is 18.3 Å². The summed E-state index contributed by atoms with van der Waals surface area (Å²) in [5, 5.41) is 9.66. The summed E-state index contributed by atoms with van der Waals surface area (Å²) in [4.78, 5) is 15.7. The largest absolute Gasteiger partial charge is 0.468 e. The van der Waals surface area contributed by atoms with Crippen LogP contribution in [-0.4, -0.2) is 23.8 Å². The maximum atomic E-state index is 11.2. The van der Waals surface area contributed by atoms with Crippen LogP contribution in [0.4, 0.5) is 0 Å². The highest BCUT2D eigenvalue weighted by Gasteiger charge is 2.10. The van der Waals surface area contributed by atoms with Gasteiger partial charge in [-0.3, -0.25) is 4.79 Å². The fourth-order valence-electron chi connectivity index (χ4n) is 1.71. The van der Waals surface area contributed by atoms with Crippen molar-refractivity contribution in [2.75, 3.05) is 12.9 Å². The van der Waals surface area contributed by atoms with Gasteiger partial charge < -0.3 is 4.74 Å². The lowest BCUT2D eigenvalue weighted by molar-refractivity contribution is -0.137. The smallest absolute Gasteiger partial charge is 0.316 e. The van der Waals surface area contributed by atoms with E-state index in [0.29, 0.717) is 10.6 Å². The molecule has 2 aromatic rings. The molecule has 0 N–H and O–H groups in total. The molecule has 5 heteroatoms. The molecule has 0 bridgehead atoms. The molecule has 0 saturated carbocycles. The number of hydrogen-bond acceptors (Lipinski definition) is 5. The second-order valence-electron chi connectivity index (χ2n) is 4.39. The Morgan fingerprint density at radius 3 is 2.62 bits per heavy atom. The van der Waals surface area contributed by atoms with Crippen LogP contribution in [0.5, 0.6) is 0 Å². The Morgan fingerprint density at radius 2 is 2.00 bits per heavy atom. The molecule has 0 aliphatic heterocycles. The number of aryl methyl sites for hydroxylation is 1. The van der Waals surface area contributed by atoms with Crippen molar-refractivity contribution in [2.24, 2.45) is 0 Å². The van der Waals surface area contributed by atoms with Gasteiger partial charge in [0.25, 0.3) is 0 Å². The molecule has 2 rings (SSSR count). The molecule has 0 unspecified atom stereocenters. The summed E-state index contributed by atoms with van der Waals surface area (Å²) in [7, 11) is 1.34. The van der Waals surface area contributed by atoms with Crippen LogP contribution in [0.25, 0.3) is 11.3 Å². The van der Waals surface area contributed by atoms with Crippen LogP contribution < -0.4 is 0 Å². The summed E-state index contributed by atoms with van der Waals surface area (Å²) in [6.07, 6.45) is 0. The zero-order valence-electron chi connectivity index (χ0n) is 11.8. The molecular weight excluding hydrogens is 284 g/mol. The van der Waals surface area contributed by atoms with Crippen molar-refractivity contribution in [2.45, 2.75) is 11.9 Å². The molecule has 0 radical (unpaired) electrons. The lowest BCUT2D eigenvalue weighted by atomic mass is 10.1. The van der Waals surface area contributed by atoms with E-state index in [2.05, 4.69) is 15.8 Å². The van der Waals surface area contributed by atoms with E-state index in [-0.39, 0.29) is 11.7 Å². The minimum Gasteiger partial charge on any atom is -0.468 e. The van der Waals surface area contributed by atoms with Crippen molar-refractivity contribution >= 4 is 17.7 Å². The number of hydrogen-bond donors (Lipinski definition) is 0. The van der Waals surface area contributed by atoms with E-state index >= 15 is 0 Å². The maximum Gasteiger partial charge on any atom is 0.316 e. The number of rotatable bonds is 4. The third-order valence-corrected chi connectivity index (χ3v) is 3.85. The van der Waals surface area contributed by atoms with Gasteiger partial charge >= 0.3 is 5.97 Å². The number of esters is 1. The van der Waals surface area contributed by atoms with Gasteiger partial charge in [0.15, 0.2) is 0 Å². The van der Waals surface area contributed by atoms with Crippen LogP contribution in [0.15, 0.2) is 41.4 Å². The summed E-state index contributed by atoms with van der Waals surface area (Å²) in [5.74, 6) is -0.207. The topological polar surface area (TPSA) is 63.0 Å². The Balaban J connectivity index is 2.31. The van der Waals surface area contributed by atoms with Crippen molar-refractivity contribution in [1.29, 1.82) is 5.26 Å². The Labute approximate surface area is 127 Å². The number of nitrogens with zero attached hydrogens (tertiary/aromatic N) is 2. The molecule has 1 aromatic heterocycles. The van der Waals surface area contributed by atoms with Crippen LogP contribution in [0.2, 0.25) is 0 Å². The van der Waals surface area contributed by atoms with Crippen molar-refractivity contribution in [3.05, 3.63) is 47.5 Å². The Kier molecular flexibility index (Phi) is 4.96. The Hall–Kier alpha value is -2.32. The van der Waals surface area contributed by atoms with Gasteiger partial charge in [0, 0.05) is 5.56 Å². The summed E-state index contributed by atoms with van der Waals surface area (Å²) in [6.45, 7) is 2.02. The summed E-state index contributed by atoms with van der Waals surface area (Å²) in [6, 6.07) is 13.6. The quantitative estimate of drug-likeness (QED) is 0.640. The highest BCUT2D eigenvalue weighted by atomic mass is 32.2. The van der Waals surface area contributed by atoms with E-state index in [9.17, 15) is 4.79 Å². The van der Waals surface area contributed by atoms with Gasteiger partial charge in [-0.05, 0) is 19.1 Å². The standard InChI is InChI=1S/C16H14N2O2S/c1-11-3-5-12(6-4-11)14-8-7-13(9-17)16(18-14)21-10-15(19)20-2/h3-8H,10H2,1-2H3. The number of ether oxygens (including phenoxy) is 1. The minimum absolute atomic E-state index is 0.134. The first-order valence-electron chi connectivity index (χ1n) is 6.32. The van der Waals surface area contributed by atoms with Crippen LogP contribution in [0.1, 0.15) is 11.1 Å². The summed E-state index contributed by atoms with van der Waals surface area (Å²) >= 11 is 1.21. The van der Waals surface area contributed by atoms with E-state index in [1.807, 2.05) is 37.3 Å². The molecule has 4 nitrogen and oxygen atoms in total. The van der Waals surface area contributed by atoms with Gasteiger partial charge in [0.05, 0.1) is 24.1 Å². The Bertz CT molecular complexity index is 690. The number of nitriles is 1. The number of benzene rings is 1. The molecule has 1 heterocycles. The van der Waals surface area contributed by atoms with Crippen LogP contribution in [-0.2, 0) is 9.53 Å². The second-order valence-corrected chi connectivity index (χ2v) is 5.36. The van der Waals surface area contributed by atoms with Crippen molar-refractivity contribution < 1.29 is 9.53 Å². The van der Waals surface area contributed by atoms with Gasteiger partial charge in [-0.1, -0.05) is 41.6 Å². The zero-order valence-corrected chi connectivity index (χ0v) is 12.6. The van der Waals surface area contributed by atoms with E-state index in [1.54, 1.807) is 6.07 Å². The van der Waals surface area contributed by atoms with E-state index < -0.39 is 0 Å². The third-order valence-electron chi connectivity index (χ3n) is 2.88. The molecule has 0 spiro atoms. The first-order chi connectivity index (χ1) is 10.1. The molecule has 0 aliphatic carbocycles. The van der Waals surface area contributed by atoms with Crippen molar-refractivity contribution in [3.8, 4) is 17.3 Å². The first kappa shape index (κ1) is 15.1. The lowest BCUT2D eigenvalue weighted by Crippen LogP contribution is -2.04. The first-order valence-corrected chi connectivity index (χ1v) is 7.30. The number of carbonyl (C=O) groups excluding carboxylic acids is 1. The highest BCUT2D eigenvalue weighted by molar-refractivity contribution is 7.99. The number of carbonyl (C=O) groups is 1. The molecule has 0 saturated heterocycles. The van der Waals surface area contributed by atoms with Crippen molar-refractivity contribution in [3.63, 3.8) is 0 Å². The summed E-state index contributed by atoms with van der Waals surface area (Å²) < 4.78 is 4.60.